The number of hydrogen-bond acceptors (Lipinski definition) is 7. The van der Waals surface area contributed by atoms with E-state index in [1.807, 2.05) is 6.92 Å². The number of fused-ring (bicyclic) bond motifs is 1. The number of thiocarbonyl (C=S) groups is 1. The normalized spacial score (nSPS) is 18.9. The van der Waals surface area contributed by atoms with E-state index >= 15 is 0 Å². The van der Waals surface area contributed by atoms with E-state index < -0.39 is 0 Å². The summed E-state index contributed by atoms with van der Waals surface area (Å²) in [6, 6.07) is 0.0607. The van der Waals surface area contributed by atoms with Crippen LogP contribution in [0, 0.1) is 18.8 Å². The van der Waals surface area contributed by atoms with Gasteiger partial charge in [0.05, 0.1) is 24.6 Å². The molecule has 2 amide bonds. The molecule has 35 heavy (non-hydrogen) atoms. The van der Waals surface area contributed by atoms with Crippen LogP contribution in [0.1, 0.15) is 58.6 Å². The first-order chi connectivity index (χ1) is 16.9. The molecule has 2 aromatic heterocycles. The van der Waals surface area contributed by atoms with E-state index in [4.69, 9.17) is 17.0 Å². The van der Waals surface area contributed by atoms with Crippen LogP contribution in [0.4, 0.5) is 10.8 Å². The smallest absolute Gasteiger partial charge is 0.254 e. The van der Waals surface area contributed by atoms with Crippen molar-refractivity contribution in [2.45, 2.75) is 57.9 Å². The molecule has 2 aromatic rings. The molecule has 3 aliphatic carbocycles. The molecule has 0 radical (unpaired) electrons. The fourth-order valence-electron chi connectivity index (χ4n) is 4.25. The van der Waals surface area contributed by atoms with Gasteiger partial charge in [-0.1, -0.05) is 0 Å². The van der Waals surface area contributed by atoms with E-state index in [0.29, 0.717) is 52.0 Å². The zero-order valence-electron chi connectivity index (χ0n) is 19.9. The van der Waals surface area contributed by atoms with Crippen LogP contribution in [-0.2, 0) is 17.6 Å². The highest BCUT2D eigenvalue weighted by molar-refractivity contribution is 7.80. The summed E-state index contributed by atoms with van der Waals surface area (Å²) in [4.78, 5) is 35.5. The number of nitrogens with one attached hydrogen (secondary N) is 4. The highest BCUT2D eigenvalue weighted by atomic mass is 32.1. The Morgan fingerprint density at radius 3 is 2.69 bits per heavy atom. The van der Waals surface area contributed by atoms with Gasteiger partial charge in [0.25, 0.3) is 5.91 Å². The van der Waals surface area contributed by atoms with Crippen molar-refractivity contribution in [1.82, 2.24) is 20.6 Å². The maximum absolute atomic E-state index is 13.2. The maximum Gasteiger partial charge on any atom is 0.254 e. The van der Waals surface area contributed by atoms with Crippen LogP contribution in [-0.4, -0.2) is 46.6 Å². The van der Waals surface area contributed by atoms with Crippen LogP contribution in [0.3, 0.4) is 0 Å². The Bertz CT molecular complexity index is 1160. The lowest BCUT2D eigenvalue weighted by Crippen LogP contribution is -2.41. The molecule has 11 heteroatoms. The molecule has 0 aliphatic heterocycles. The maximum atomic E-state index is 13.2. The minimum Gasteiger partial charge on any atom is -0.480 e. The third-order valence-electron chi connectivity index (χ3n) is 6.62. The topological polar surface area (TPSA) is 117 Å². The molecule has 4 N–H and O–H groups in total. The van der Waals surface area contributed by atoms with Gasteiger partial charge in [-0.3, -0.25) is 9.59 Å². The quantitative estimate of drug-likeness (QED) is 0.397. The van der Waals surface area contributed by atoms with Crippen molar-refractivity contribution < 1.29 is 14.3 Å². The second kappa shape index (κ2) is 10.1. The van der Waals surface area contributed by atoms with Crippen molar-refractivity contribution in [3.8, 4) is 5.88 Å². The molecular formula is C24H30N6O3S2. The number of amides is 2. The molecule has 3 aliphatic rings. The Kier molecular flexibility index (Phi) is 6.88. The average Bonchev–Trinajstić information content (AvgIpc) is 3.75. The summed E-state index contributed by atoms with van der Waals surface area (Å²) in [7, 11) is 1.55. The second-order valence-electron chi connectivity index (χ2n) is 9.51. The van der Waals surface area contributed by atoms with Gasteiger partial charge in [-0.2, -0.15) is 0 Å². The summed E-state index contributed by atoms with van der Waals surface area (Å²) in [6.45, 7) is 2.53. The number of thiophene rings is 1. The van der Waals surface area contributed by atoms with Crippen molar-refractivity contribution in [3.05, 3.63) is 27.9 Å². The van der Waals surface area contributed by atoms with E-state index in [0.717, 1.165) is 31.2 Å². The Morgan fingerprint density at radius 1 is 1.20 bits per heavy atom. The molecule has 5 rings (SSSR count). The van der Waals surface area contributed by atoms with Crippen molar-refractivity contribution in [1.29, 1.82) is 0 Å². The lowest BCUT2D eigenvalue weighted by atomic mass is 9.91. The highest BCUT2D eigenvalue weighted by Crippen LogP contribution is 2.40. The minimum absolute atomic E-state index is 0.0239. The summed E-state index contributed by atoms with van der Waals surface area (Å²) in [5.74, 6) is 1.61. The number of carbonyl (C=O) groups is 2. The van der Waals surface area contributed by atoms with Gasteiger partial charge >= 0.3 is 0 Å². The van der Waals surface area contributed by atoms with E-state index in [2.05, 4.69) is 31.2 Å². The second-order valence-corrected chi connectivity index (χ2v) is 11.0. The SMILES string of the molecule is COc1cnc(NC(=S)N[C@H]2CCc3sc(NC(=O)C4CC4)c(C(=O)NCC4CC4)c3C2)c(C)n1. The first-order valence-corrected chi connectivity index (χ1v) is 13.3. The lowest BCUT2D eigenvalue weighted by Gasteiger charge is -2.25. The Balaban J connectivity index is 1.29. The van der Waals surface area contributed by atoms with E-state index in [-0.39, 0.29) is 23.8 Å². The minimum atomic E-state index is -0.0917. The molecule has 186 valence electrons. The molecule has 0 spiro atoms. The number of rotatable bonds is 8. The molecule has 0 unspecified atom stereocenters. The largest absolute Gasteiger partial charge is 0.480 e. The van der Waals surface area contributed by atoms with E-state index in [1.165, 1.54) is 17.7 Å². The van der Waals surface area contributed by atoms with Gasteiger partial charge < -0.3 is 26.0 Å². The number of nitrogens with zero attached hydrogens (tertiary/aromatic N) is 2. The summed E-state index contributed by atoms with van der Waals surface area (Å²) < 4.78 is 5.11. The van der Waals surface area contributed by atoms with Gasteiger partial charge in [-0.15, -0.1) is 11.3 Å². The molecule has 0 bridgehead atoms. The average molecular weight is 515 g/mol. The third kappa shape index (κ3) is 5.72. The zero-order chi connectivity index (χ0) is 24.5. The number of methoxy groups -OCH3 is 1. The van der Waals surface area contributed by atoms with Gasteiger partial charge in [0.2, 0.25) is 11.8 Å². The predicted molar refractivity (Wildman–Crippen MR) is 139 cm³/mol. The summed E-state index contributed by atoms with van der Waals surface area (Å²) in [5, 5.41) is 13.8. The standard InChI is InChI=1S/C24H30N6O3S2/c1-12-20(25-11-18(27-12)33-2)29-24(34)28-15-7-8-17-16(9-15)19(22(32)26-10-13-3-4-13)23(35-17)30-21(31)14-5-6-14/h11,13-15H,3-10H2,1-2H3,(H,26,32)(H,30,31)(H2,25,28,29,34)/t15-/m0/s1. The van der Waals surface area contributed by atoms with E-state index in [9.17, 15) is 9.59 Å². The van der Waals surface area contributed by atoms with Gasteiger partial charge in [0.1, 0.15) is 5.00 Å². The van der Waals surface area contributed by atoms with Gasteiger partial charge in [0.15, 0.2) is 10.9 Å². The van der Waals surface area contributed by atoms with Crippen molar-refractivity contribution in [2.24, 2.45) is 11.8 Å². The lowest BCUT2D eigenvalue weighted by molar-refractivity contribution is -0.117. The van der Waals surface area contributed by atoms with Crippen LogP contribution >= 0.6 is 23.6 Å². The molecule has 1 atom stereocenters. The van der Waals surface area contributed by atoms with E-state index in [1.54, 1.807) is 24.6 Å². The van der Waals surface area contributed by atoms with Crippen molar-refractivity contribution >= 4 is 51.3 Å². The van der Waals surface area contributed by atoms with Crippen LogP contribution in [0.2, 0.25) is 0 Å². The summed E-state index contributed by atoms with van der Waals surface area (Å²) >= 11 is 7.08. The predicted octanol–water partition coefficient (Wildman–Crippen LogP) is 3.19. The Hall–Kier alpha value is -2.79. The van der Waals surface area contributed by atoms with Crippen molar-refractivity contribution in [2.75, 3.05) is 24.3 Å². The Morgan fingerprint density at radius 2 is 2.00 bits per heavy atom. The monoisotopic (exact) mass is 514 g/mol. The van der Waals surface area contributed by atoms with Crippen LogP contribution in [0.25, 0.3) is 0 Å². The zero-order valence-corrected chi connectivity index (χ0v) is 21.5. The molecule has 9 nitrogen and oxygen atoms in total. The molecule has 2 fully saturated rings. The van der Waals surface area contributed by atoms with Gasteiger partial charge in [-0.25, -0.2) is 9.97 Å². The summed E-state index contributed by atoms with van der Waals surface area (Å²) in [5.41, 5.74) is 2.33. The van der Waals surface area contributed by atoms with Gasteiger partial charge in [-0.05, 0) is 75.6 Å². The van der Waals surface area contributed by atoms with Crippen LogP contribution < -0.4 is 26.0 Å². The molecule has 0 saturated heterocycles. The number of ether oxygens (including phenoxy) is 1. The van der Waals surface area contributed by atoms with Gasteiger partial charge in [0, 0.05) is 23.4 Å². The molecule has 2 heterocycles. The van der Waals surface area contributed by atoms with Crippen molar-refractivity contribution in [3.63, 3.8) is 0 Å². The molecule has 0 aromatic carbocycles. The molecular weight excluding hydrogens is 484 g/mol. The number of carbonyl (C=O) groups excluding carboxylic acids is 2. The fraction of sp³-hybridized carbons (Fsp3) is 0.542. The fourth-order valence-corrected chi connectivity index (χ4v) is 5.76. The number of anilines is 2. The summed E-state index contributed by atoms with van der Waals surface area (Å²) in [6.07, 6.45) is 8.09. The first kappa shape index (κ1) is 23.9. The number of aryl methyl sites for hydroxylation is 2. The Labute approximate surface area is 213 Å². The molecule has 2 saturated carbocycles. The third-order valence-corrected chi connectivity index (χ3v) is 8.05. The van der Waals surface area contributed by atoms with Crippen LogP contribution in [0.5, 0.6) is 5.88 Å². The number of hydrogen-bond donors (Lipinski definition) is 4. The van der Waals surface area contributed by atoms with Crippen LogP contribution in [0.15, 0.2) is 6.20 Å². The first-order valence-electron chi connectivity index (χ1n) is 12.1. The number of aromatic nitrogens is 2. The highest BCUT2D eigenvalue weighted by Gasteiger charge is 2.34.